The Morgan fingerprint density at radius 1 is 1.27 bits per heavy atom. The third-order valence-electron chi connectivity index (χ3n) is 3.37. The van der Waals surface area contributed by atoms with Crippen molar-refractivity contribution >= 4 is 18.0 Å². The normalized spacial score (nSPS) is 11.5. The second kappa shape index (κ2) is 8.34. The van der Waals surface area contributed by atoms with Gasteiger partial charge in [0.15, 0.2) is 0 Å². The summed E-state index contributed by atoms with van der Waals surface area (Å²) in [5, 5.41) is 9.49. The van der Waals surface area contributed by atoms with Gasteiger partial charge in [0.05, 0.1) is 25.7 Å². The van der Waals surface area contributed by atoms with Crippen molar-refractivity contribution in [3.63, 3.8) is 0 Å². The van der Waals surface area contributed by atoms with Crippen LogP contribution in [-0.2, 0) is 14.3 Å². The molecule has 0 unspecified atom stereocenters. The van der Waals surface area contributed by atoms with Gasteiger partial charge in [-0.25, -0.2) is 0 Å². The predicted octanol–water partition coefficient (Wildman–Crippen LogP) is 1.86. The Balaban J connectivity index is 2.83. The predicted molar refractivity (Wildman–Crippen MR) is 85.0 cm³/mol. The number of hydrogen-bond donors (Lipinski definition) is 1. The van der Waals surface area contributed by atoms with Crippen LogP contribution >= 0.6 is 0 Å². The average molecular weight is 305 g/mol. The highest BCUT2D eigenvalue weighted by Gasteiger charge is 2.29. The highest BCUT2D eigenvalue weighted by atomic mass is 16.5. The number of esters is 1. The summed E-state index contributed by atoms with van der Waals surface area (Å²) in [6.07, 6.45) is 3.25. The molecular formula is C17H23NO4. The maximum Gasteiger partial charge on any atom is 0.307 e. The summed E-state index contributed by atoms with van der Waals surface area (Å²) in [5.41, 5.74) is 0.150. The number of carbonyl (C=O) groups excluding carboxylic acids is 2. The van der Waals surface area contributed by atoms with E-state index in [4.69, 9.17) is 0 Å². The fraction of sp³-hybridized carbons (Fsp3) is 0.412. The van der Waals surface area contributed by atoms with Crippen LogP contribution in [0.5, 0.6) is 0 Å². The second-order valence-corrected chi connectivity index (χ2v) is 5.53. The molecular weight excluding hydrogens is 282 g/mol. The minimum atomic E-state index is -0.758. The molecule has 0 bridgehead atoms. The average Bonchev–Trinajstić information content (AvgIpc) is 2.53. The first-order chi connectivity index (χ1) is 10.4. The van der Waals surface area contributed by atoms with Gasteiger partial charge in [0.1, 0.15) is 0 Å². The first kappa shape index (κ1) is 17.9. The summed E-state index contributed by atoms with van der Waals surface area (Å²) in [6, 6.07) is 9.45. The third kappa shape index (κ3) is 5.33. The Morgan fingerprint density at radius 2 is 1.91 bits per heavy atom. The Bertz CT molecular complexity index is 523. The Morgan fingerprint density at radius 3 is 2.45 bits per heavy atom. The number of methoxy groups -OCH3 is 1. The van der Waals surface area contributed by atoms with E-state index in [0.29, 0.717) is 0 Å². The number of ether oxygens (including phenoxy) is 1. The van der Waals surface area contributed by atoms with Gasteiger partial charge in [0, 0.05) is 12.6 Å². The van der Waals surface area contributed by atoms with Crippen molar-refractivity contribution in [2.75, 3.05) is 20.3 Å². The number of aliphatic hydroxyl groups is 1. The molecule has 0 atom stereocenters. The molecule has 120 valence electrons. The van der Waals surface area contributed by atoms with Crippen LogP contribution in [0.15, 0.2) is 36.4 Å². The Labute approximate surface area is 131 Å². The lowest BCUT2D eigenvalue weighted by molar-refractivity contribution is -0.142. The van der Waals surface area contributed by atoms with E-state index in [1.807, 2.05) is 30.3 Å². The van der Waals surface area contributed by atoms with E-state index >= 15 is 0 Å². The molecule has 0 spiro atoms. The zero-order valence-electron chi connectivity index (χ0n) is 13.3. The third-order valence-corrected chi connectivity index (χ3v) is 3.37. The van der Waals surface area contributed by atoms with Crippen molar-refractivity contribution in [2.24, 2.45) is 0 Å². The lowest BCUT2D eigenvalue weighted by atomic mass is 10.0. The molecule has 0 aliphatic rings. The van der Waals surface area contributed by atoms with Gasteiger partial charge in [-0.1, -0.05) is 30.3 Å². The van der Waals surface area contributed by atoms with Gasteiger partial charge >= 0.3 is 5.97 Å². The van der Waals surface area contributed by atoms with E-state index in [9.17, 15) is 14.7 Å². The van der Waals surface area contributed by atoms with E-state index < -0.39 is 11.5 Å². The van der Waals surface area contributed by atoms with Gasteiger partial charge in [-0.05, 0) is 25.5 Å². The monoisotopic (exact) mass is 305 g/mol. The van der Waals surface area contributed by atoms with Crippen molar-refractivity contribution in [1.29, 1.82) is 0 Å². The lowest BCUT2D eigenvalue weighted by Crippen LogP contribution is -2.50. The van der Waals surface area contributed by atoms with E-state index in [1.165, 1.54) is 18.1 Å². The standard InChI is InChI=1S/C17H23NO4/c1-17(2,13-19)18(12-11-16(21)22-3)15(20)10-9-14-7-5-4-6-8-14/h4-10,19H,11-13H2,1-3H3/b10-9+. The fourth-order valence-electron chi connectivity index (χ4n) is 1.92. The number of aliphatic hydroxyl groups excluding tert-OH is 1. The fourth-order valence-corrected chi connectivity index (χ4v) is 1.92. The summed E-state index contributed by atoms with van der Waals surface area (Å²) in [6.45, 7) is 3.49. The van der Waals surface area contributed by atoms with Gasteiger partial charge in [-0.15, -0.1) is 0 Å². The van der Waals surface area contributed by atoms with Gasteiger partial charge in [0.25, 0.3) is 0 Å². The number of hydrogen-bond acceptors (Lipinski definition) is 4. The molecule has 0 saturated carbocycles. The molecule has 1 rings (SSSR count). The zero-order chi connectivity index (χ0) is 16.6. The molecule has 5 heteroatoms. The molecule has 0 aliphatic carbocycles. The molecule has 5 nitrogen and oxygen atoms in total. The van der Waals surface area contributed by atoms with Crippen molar-refractivity contribution in [3.8, 4) is 0 Å². The van der Waals surface area contributed by atoms with Gasteiger partial charge < -0.3 is 14.7 Å². The molecule has 0 fully saturated rings. The maximum atomic E-state index is 12.4. The highest BCUT2D eigenvalue weighted by molar-refractivity contribution is 5.92. The Hall–Kier alpha value is -2.14. The second-order valence-electron chi connectivity index (χ2n) is 5.53. The molecule has 0 radical (unpaired) electrons. The van der Waals surface area contributed by atoms with Crippen molar-refractivity contribution in [3.05, 3.63) is 42.0 Å². The molecule has 0 saturated heterocycles. The number of benzene rings is 1. The van der Waals surface area contributed by atoms with Crippen LogP contribution in [-0.4, -0.2) is 47.7 Å². The zero-order valence-corrected chi connectivity index (χ0v) is 13.3. The SMILES string of the molecule is COC(=O)CCN(C(=O)/C=C/c1ccccc1)C(C)(C)CO. The van der Waals surface area contributed by atoms with Crippen molar-refractivity contribution in [1.82, 2.24) is 4.90 Å². The minimum Gasteiger partial charge on any atom is -0.469 e. The summed E-state index contributed by atoms with van der Waals surface area (Å²) < 4.78 is 4.60. The molecule has 0 aromatic heterocycles. The summed E-state index contributed by atoms with van der Waals surface area (Å²) >= 11 is 0. The molecule has 22 heavy (non-hydrogen) atoms. The van der Waals surface area contributed by atoms with Crippen molar-refractivity contribution < 1.29 is 19.4 Å². The quantitative estimate of drug-likeness (QED) is 0.617. The van der Waals surface area contributed by atoms with E-state index in [-0.39, 0.29) is 25.5 Å². The van der Waals surface area contributed by atoms with Crippen LogP contribution in [0.2, 0.25) is 0 Å². The largest absolute Gasteiger partial charge is 0.469 e. The first-order valence-corrected chi connectivity index (χ1v) is 7.13. The molecule has 0 aliphatic heterocycles. The molecule has 0 heterocycles. The maximum absolute atomic E-state index is 12.4. The summed E-state index contributed by atoms with van der Waals surface area (Å²) in [4.78, 5) is 25.2. The van der Waals surface area contributed by atoms with Crippen molar-refractivity contribution in [2.45, 2.75) is 25.8 Å². The molecule has 1 aromatic rings. The summed E-state index contributed by atoms with van der Waals surface area (Å²) in [7, 11) is 1.31. The van der Waals surface area contributed by atoms with Crippen LogP contribution in [0.3, 0.4) is 0 Å². The highest BCUT2D eigenvalue weighted by Crippen LogP contribution is 2.16. The van der Waals surface area contributed by atoms with E-state index in [1.54, 1.807) is 19.9 Å². The number of nitrogens with zero attached hydrogens (tertiary/aromatic N) is 1. The summed E-state index contributed by atoms with van der Waals surface area (Å²) in [5.74, 6) is -0.648. The van der Waals surface area contributed by atoms with Crippen LogP contribution in [0, 0.1) is 0 Å². The van der Waals surface area contributed by atoms with Crippen LogP contribution in [0.1, 0.15) is 25.8 Å². The van der Waals surface area contributed by atoms with Gasteiger partial charge in [0.2, 0.25) is 5.91 Å². The lowest BCUT2D eigenvalue weighted by Gasteiger charge is -2.36. The van der Waals surface area contributed by atoms with Crippen LogP contribution < -0.4 is 0 Å². The number of amides is 1. The smallest absolute Gasteiger partial charge is 0.307 e. The number of carbonyl (C=O) groups is 2. The molecule has 1 N–H and O–H groups in total. The van der Waals surface area contributed by atoms with Crippen LogP contribution in [0.25, 0.3) is 6.08 Å². The van der Waals surface area contributed by atoms with Crippen LogP contribution in [0.4, 0.5) is 0 Å². The van der Waals surface area contributed by atoms with E-state index in [2.05, 4.69) is 4.74 Å². The molecule has 1 aromatic carbocycles. The topological polar surface area (TPSA) is 66.8 Å². The van der Waals surface area contributed by atoms with Gasteiger partial charge in [-0.3, -0.25) is 9.59 Å². The number of rotatable bonds is 7. The molecule has 1 amide bonds. The van der Waals surface area contributed by atoms with Gasteiger partial charge in [-0.2, -0.15) is 0 Å². The van der Waals surface area contributed by atoms with E-state index in [0.717, 1.165) is 5.56 Å². The Kier molecular flexibility index (Phi) is 6.79. The minimum absolute atomic E-state index is 0.0881. The first-order valence-electron chi connectivity index (χ1n) is 7.13.